The highest BCUT2D eigenvalue weighted by molar-refractivity contribution is 5.66. The number of carbonyl (C=O) groups is 1. The van der Waals surface area contributed by atoms with Crippen molar-refractivity contribution >= 4 is 5.97 Å². The quantitative estimate of drug-likeness (QED) is 0.202. The number of hydrogen-bond acceptors (Lipinski definition) is 3. The number of unbranched alkanes of at least 4 members (excludes halogenated alkanes) is 2. The van der Waals surface area contributed by atoms with Gasteiger partial charge >= 0.3 is 5.97 Å². The van der Waals surface area contributed by atoms with Crippen LogP contribution in [0.5, 0.6) is 0 Å². The van der Waals surface area contributed by atoms with Crippen molar-refractivity contribution in [3.63, 3.8) is 0 Å². The van der Waals surface area contributed by atoms with Gasteiger partial charge < -0.3 is 15.3 Å². The molecule has 0 aromatic carbocycles. The Labute approximate surface area is 164 Å². The van der Waals surface area contributed by atoms with Gasteiger partial charge in [0.25, 0.3) is 0 Å². The summed E-state index contributed by atoms with van der Waals surface area (Å²) in [5, 5.41) is 27.6. The van der Waals surface area contributed by atoms with Gasteiger partial charge in [-0.15, -0.1) is 0 Å². The van der Waals surface area contributed by atoms with Gasteiger partial charge in [-0.05, 0) is 25.7 Å². The molecule has 0 radical (unpaired) electrons. The highest BCUT2D eigenvalue weighted by Crippen LogP contribution is 2.10. The third kappa shape index (κ3) is 18.7. The van der Waals surface area contributed by atoms with Crippen LogP contribution in [0.15, 0.2) is 60.8 Å². The number of aliphatic hydroxyl groups is 2. The molecular weight excluding hydrogens is 340 g/mol. The molecule has 0 aliphatic heterocycles. The van der Waals surface area contributed by atoms with Gasteiger partial charge in [0.15, 0.2) is 0 Å². The fourth-order valence-corrected chi connectivity index (χ4v) is 2.35. The van der Waals surface area contributed by atoms with Crippen LogP contribution in [0.1, 0.15) is 58.3 Å². The zero-order valence-electron chi connectivity index (χ0n) is 16.5. The van der Waals surface area contributed by atoms with E-state index in [-0.39, 0.29) is 18.9 Å². The monoisotopic (exact) mass is 376 g/mol. The van der Waals surface area contributed by atoms with Crippen molar-refractivity contribution in [1.29, 1.82) is 0 Å². The molecule has 0 spiro atoms. The molecule has 27 heavy (non-hydrogen) atoms. The number of carboxylic acids is 1. The Morgan fingerprint density at radius 1 is 0.963 bits per heavy atom. The van der Waals surface area contributed by atoms with Crippen LogP contribution in [0, 0.1) is 5.92 Å². The molecule has 0 aromatic rings. The van der Waals surface area contributed by atoms with Gasteiger partial charge in [0.05, 0.1) is 6.10 Å². The summed E-state index contributed by atoms with van der Waals surface area (Å²) in [7, 11) is 0. The van der Waals surface area contributed by atoms with E-state index >= 15 is 0 Å². The SMILES string of the molecule is CCCCCC(/C=C/C=C\C/C=C\C=C\C(O)C/C=C\CCC(=O)O)CO. The van der Waals surface area contributed by atoms with Gasteiger partial charge in [-0.2, -0.15) is 0 Å². The predicted octanol–water partition coefficient (Wildman–Crippen LogP) is 4.96. The molecular formula is C23H36O4. The first-order chi connectivity index (χ1) is 13.1. The lowest BCUT2D eigenvalue weighted by Crippen LogP contribution is -2.01. The summed E-state index contributed by atoms with van der Waals surface area (Å²) in [5.41, 5.74) is 0. The second-order valence-corrected chi connectivity index (χ2v) is 6.51. The van der Waals surface area contributed by atoms with E-state index in [1.54, 1.807) is 18.2 Å². The van der Waals surface area contributed by atoms with Crippen molar-refractivity contribution in [3.8, 4) is 0 Å². The van der Waals surface area contributed by atoms with Crippen LogP contribution < -0.4 is 0 Å². The first-order valence-electron chi connectivity index (χ1n) is 9.92. The van der Waals surface area contributed by atoms with Crippen LogP contribution >= 0.6 is 0 Å². The number of rotatable bonds is 16. The van der Waals surface area contributed by atoms with Crippen molar-refractivity contribution in [2.24, 2.45) is 5.92 Å². The maximum Gasteiger partial charge on any atom is 0.303 e. The summed E-state index contributed by atoms with van der Waals surface area (Å²) < 4.78 is 0. The molecule has 0 bridgehead atoms. The third-order valence-corrected chi connectivity index (χ3v) is 3.97. The number of allylic oxidation sites excluding steroid dienone is 7. The van der Waals surface area contributed by atoms with Crippen LogP contribution in [0.3, 0.4) is 0 Å². The van der Waals surface area contributed by atoms with Crippen molar-refractivity contribution in [2.75, 3.05) is 6.61 Å². The van der Waals surface area contributed by atoms with E-state index in [1.807, 2.05) is 36.5 Å². The average molecular weight is 377 g/mol. The Morgan fingerprint density at radius 3 is 2.30 bits per heavy atom. The van der Waals surface area contributed by atoms with Crippen molar-refractivity contribution in [1.82, 2.24) is 0 Å². The summed E-state index contributed by atoms with van der Waals surface area (Å²) in [6, 6.07) is 0. The molecule has 0 rings (SSSR count). The molecule has 152 valence electrons. The highest BCUT2D eigenvalue weighted by Gasteiger charge is 2.01. The molecule has 2 atom stereocenters. The molecule has 0 saturated heterocycles. The molecule has 0 aromatic heterocycles. The summed E-state index contributed by atoms with van der Waals surface area (Å²) >= 11 is 0. The first-order valence-corrected chi connectivity index (χ1v) is 9.92. The smallest absolute Gasteiger partial charge is 0.303 e. The molecule has 2 unspecified atom stereocenters. The average Bonchev–Trinajstić information content (AvgIpc) is 2.64. The van der Waals surface area contributed by atoms with E-state index in [4.69, 9.17) is 5.11 Å². The number of aliphatic hydroxyl groups excluding tert-OH is 2. The Kier molecular flexibility index (Phi) is 17.5. The lowest BCUT2D eigenvalue weighted by molar-refractivity contribution is -0.136. The highest BCUT2D eigenvalue weighted by atomic mass is 16.4. The first kappa shape index (κ1) is 25.1. The summed E-state index contributed by atoms with van der Waals surface area (Å²) in [5.74, 6) is -0.561. The normalized spacial score (nSPS) is 15.1. The van der Waals surface area contributed by atoms with Crippen molar-refractivity contribution in [3.05, 3.63) is 60.8 Å². The maximum atomic E-state index is 10.4. The zero-order chi connectivity index (χ0) is 20.2. The molecule has 0 fully saturated rings. The largest absolute Gasteiger partial charge is 0.481 e. The van der Waals surface area contributed by atoms with Gasteiger partial charge in [-0.3, -0.25) is 4.79 Å². The van der Waals surface area contributed by atoms with Crippen molar-refractivity contribution < 1.29 is 20.1 Å². The van der Waals surface area contributed by atoms with Gasteiger partial charge in [-0.25, -0.2) is 0 Å². The molecule has 0 amide bonds. The minimum absolute atomic E-state index is 0.118. The lowest BCUT2D eigenvalue weighted by Gasteiger charge is -2.07. The summed E-state index contributed by atoms with van der Waals surface area (Å²) in [4.78, 5) is 10.4. The summed E-state index contributed by atoms with van der Waals surface area (Å²) in [6.07, 6.45) is 25.1. The minimum Gasteiger partial charge on any atom is -0.481 e. The Morgan fingerprint density at radius 2 is 1.67 bits per heavy atom. The van der Waals surface area contributed by atoms with Crippen LogP contribution in [0.2, 0.25) is 0 Å². The van der Waals surface area contributed by atoms with E-state index < -0.39 is 12.1 Å². The zero-order valence-corrected chi connectivity index (χ0v) is 16.5. The topological polar surface area (TPSA) is 77.8 Å². The van der Waals surface area contributed by atoms with E-state index in [2.05, 4.69) is 13.0 Å². The molecule has 0 saturated carbocycles. The fourth-order valence-electron chi connectivity index (χ4n) is 2.35. The second-order valence-electron chi connectivity index (χ2n) is 6.51. The molecule has 4 heteroatoms. The minimum atomic E-state index is -0.810. The van der Waals surface area contributed by atoms with E-state index in [1.165, 1.54) is 12.8 Å². The third-order valence-electron chi connectivity index (χ3n) is 3.97. The maximum absolute atomic E-state index is 10.4. The van der Waals surface area contributed by atoms with Crippen molar-refractivity contribution in [2.45, 2.75) is 64.4 Å². The molecule has 3 N–H and O–H groups in total. The van der Waals surface area contributed by atoms with Crippen LogP contribution in [0.25, 0.3) is 0 Å². The lowest BCUT2D eigenvalue weighted by atomic mass is 10.0. The van der Waals surface area contributed by atoms with E-state index in [0.29, 0.717) is 12.8 Å². The molecule has 0 aliphatic carbocycles. The number of aliphatic carboxylic acids is 1. The van der Waals surface area contributed by atoms with E-state index in [9.17, 15) is 15.0 Å². The van der Waals surface area contributed by atoms with Gasteiger partial charge in [0.1, 0.15) is 0 Å². The summed E-state index contributed by atoms with van der Waals surface area (Å²) in [6.45, 7) is 2.38. The van der Waals surface area contributed by atoms with Gasteiger partial charge in [0, 0.05) is 18.9 Å². The number of carboxylic acid groups (broad SMARTS) is 1. The molecule has 4 nitrogen and oxygen atoms in total. The van der Waals surface area contributed by atoms with Crippen LogP contribution in [-0.4, -0.2) is 34.0 Å². The fraction of sp³-hybridized carbons (Fsp3) is 0.522. The standard InChI is InChI=1S/C23H36O4/c1-2-3-10-15-21(20-24)16-11-7-5-4-6-8-12-17-22(25)18-13-9-14-19-23(26)27/h5-9,11-13,16-17,21-22,24-25H,2-4,10,14-15,18-20H2,1H3,(H,26,27)/b7-5-,8-6-,13-9-,16-11+,17-12+. The second kappa shape index (κ2) is 18.9. The van der Waals surface area contributed by atoms with E-state index in [0.717, 1.165) is 19.3 Å². The Hall–Kier alpha value is -1.91. The molecule has 0 aliphatic rings. The van der Waals surface area contributed by atoms with Crippen LogP contribution in [-0.2, 0) is 4.79 Å². The van der Waals surface area contributed by atoms with Crippen LogP contribution in [0.4, 0.5) is 0 Å². The number of hydrogen-bond donors (Lipinski definition) is 3. The van der Waals surface area contributed by atoms with Gasteiger partial charge in [-0.1, -0.05) is 86.9 Å². The Bertz CT molecular complexity index is 501. The molecule has 0 heterocycles. The van der Waals surface area contributed by atoms with Gasteiger partial charge in [0.2, 0.25) is 0 Å². The Balaban J connectivity index is 3.90. The predicted molar refractivity (Wildman–Crippen MR) is 113 cm³/mol.